The number of thiocarbonyl (C=S) groups is 1. The predicted octanol–water partition coefficient (Wildman–Crippen LogP) is 3.23. The van der Waals surface area contributed by atoms with Gasteiger partial charge in [-0.3, -0.25) is 0 Å². The van der Waals surface area contributed by atoms with E-state index in [0.29, 0.717) is 24.4 Å². The van der Waals surface area contributed by atoms with Crippen molar-refractivity contribution in [1.82, 2.24) is 5.32 Å². The molecule has 158 valence electrons. The molecule has 7 heteroatoms. The minimum Gasteiger partial charge on any atom is -0.479 e. The summed E-state index contributed by atoms with van der Waals surface area (Å²) in [5.41, 5.74) is 8.25. The van der Waals surface area contributed by atoms with Crippen LogP contribution in [0, 0.1) is 0 Å². The van der Waals surface area contributed by atoms with E-state index in [1.807, 2.05) is 48.5 Å². The third kappa shape index (κ3) is 4.52. The molecule has 0 unspecified atom stereocenters. The Morgan fingerprint density at radius 1 is 1.10 bits per heavy atom. The SMILES string of the molecule is CC(=S)NCCCC[C@](N)(C(=O)O)C(=O)OCC1c2ccccc2-c2ccccc21. The molecule has 30 heavy (non-hydrogen) atoms. The van der Waals surface area contributed by atoms with Crippen LogP contribution in [-0.4, -0.2) is 40.7 Å². The zero-order chi connectivity index (χ0) is 21.7. The topological polar surface area (TPSA) is 102 Å². The van der Waals surface area contributed by atoms with Crippen LogP contribution >= 0.6 is 12.2 Å². The fourth-order valence-electron chi connectivity index (χ4n) is 3.82. The normalized spacial score (nSPS) is 14.3. The van der Waals surface area contributed by atoms with E-state index >= 15 is 0 Å². The van der Waals surface area contributed by atoms with Gasteiger partial charge in [0.25, 0.3) is 0 Å². The monoisotopic (exact) mass is 426 g/mol. The summed E-state index contributed by atoms with van der Waals surface area (Å²) >= 11 is 4.94. The first kappa shape index (κ1) is 21.9. The molecule has 0 fully saturated rings. The van der Waals surface area contributed by atoms with E-state index in [9.17, 15) is 14.7 Å². The van der Waals surface area contributed by atoms with Crippen molar-refractivity contribution >= 4 is 29.1 Å². The number of fused-ring (bicyclic) bond motifs is 3. The quantitative estimate of drug-likeness (QED) is 0.245. The standard InChI is InChI=1S/C23H26N2O4S/c1-15(30)25-13-7-6-12-23(24,21(26)27)22(28)29-14-20-18-10-4-2-8-16(18)17-9-3-5-11-19(17)20/h2-5,8-11,20H,6-7,12-14,24H2,1H3,(H,25,30)(H,26,27)/t23-/m0/s1. The summed E-state index contributed by atoms with van der Waals surface area (Å²) in [7, 11) is 0. The molecule has 3 rings (SSSR count). The largest absolute Gasteiger partial charge is 0.479 e. The van der Waals surface area contributed by atoms with Crippen molar-refractivity contribution in [2.45, 2.75) is 37.6 Å². The molecule has 1 aliphatic carbocycles. The summed E-state index contributed by atoms with van der Waals surface area (Å²) in [5.74, 6) is -2.43. The number of nitrogens with one attached hydrogen (secondary N) is 1. The van der Waals surface area contributed by atoms with Crippen molar-refractivity contribution in [3.8, 4) is 11.1 Å². The first-order chi connectivity index (χ1) is 14.3. The molecule has 0 spiro atoms. The number of unbranched alkanes of at least 4 members (excludes halogenated alkanes) is 1. The summed E-state index contributed by atoms with van der Waals surface area (Å²) in [6, 6.07) is 15.9. The average Bonchev–Trinajstić information content (AvgIpc) is 3.05. The fraction of sp³-hybridized carbons (Fsp3) is 0.348. The Bertz CT molecular complexity index is 916. The molecule has 2 aromatic carbocycles. The number of carbonyl (C=O) groups excluding carboxylic acids is 1. The number of carboxylic acids is 1. The Hall–Kier alpha value is -2.77. The molecular weight excluding hydrogens is 400 g/mol. The van der Waals surface area contributed by atoms with Crippen LogP contribution in [-0.2, 0) is 14.3 Å². The molecule has 0 bridgehead atoms. The second kappa shape index (κ2) is 9.36. The molecular formula is C23H26N2O4S. The minimum absolute atomic E-state index is 0.00281. The van der Waals surface area contributed by atoms with Crippen molar-refractivity contribution in [2.24, 2.45) is 5.73 Å². The molecule has 0 aliphatic heterocycles. The molecule has 1 aliphatic rings. The van der Waals surface area contributed by atoms with Crippen LogP contribution in [0.1, 0.15) is 43.2 Å². The zero-order valence-corrected chi connectivity index (χ0v) is 17.7. The zero-order valence-electron chi connectivity index (χ0n) is 16.9. The van der Waals surface area contributed by atoms with Gasteiger partial charge in [0.15, 0.2) is 0 Å². The lowest BCUT2D eigenvalue weighted by Gasteiger charge is -2.24. The van der Waals surface area contributed by atoms with Gasteiger partial charge in [0, 0.05) is 12.5 Å². The van der Waals surface area contributed by atoms with Crippen LogP contribution in [0.25, 0.3) is 11.1 Å². The van der Waals surface area contributed by atoms with E-state index in [1.165, 1.54) is 0 Å². The lowest BCUT2D eigenvalue weighted by molar-refractivity contribution is -0.161. The van der Waals surface area contributed by atoms with Gasteiger partial charge in [0.05, 0.1) is 4.99 Å². The third-order valence-corrected chi connectivity index (χ3v) is 5.61. The van der Waals surface area contributed by atoms with Crippen LogP contribution < -0.4 is 11.1 Å². The van der Waals surface area contributed by atoms with Crippen LogP contribution in [0.2, 0.25) is 0 Å². The number of rotatable bonds is 9. The Balaban J connectivity index is 1.67. The van der Waals surface area contributed by atoms with Gasteiger partial charge < -0.3 is 20.9 Å². The molecule has 4 N–H and O–H groups in total. The highest BCUT2D eigenvalue weighted by atomic mass is 32.1. The lowest BCUT2D eigenvalue weighted by Crippen LogP contribution is -2.56. The van der Waals surface area contributed by atoms with Gasteiger partial charge >= 0.3 is 11.9 Å². The van der Waals surface area contributed by atoms with E-state index in [4.69, 9.17) is 22.7 Å². The Kier molecular flexibility index (Phi) is 6.84. The molecule has 0 radical (unpaired) electrons. The van der Waals surface area contributed by atoms with Crippen molar-refractivity contribution in [3.05, 3.63) is 59.7 Å². The average molecular weight is 427 g/mol. The van der Waals surface area contributed by atoms with E-state index in [2.05, 4.69) is 5.32 Å². The maximum Gasteiger partial charge on any atom is 0.337 e. The summed E-state index contributed by atoms with van der Waals surface area (Å²) in [4.78, 5) is 25.1. The molecule has 0 saturated heterocycles. The second-order valence-corrected chi connectivity index (χ2v) is 8.15. The van der Waals surface area contributed by atoms with Crippen LogP contribution in [0.5, 0.6) is 0 Å². The first-order valence-corrected chi connectivity index (χ1v) is 10.4. The number of carbonyl (C=O) groups is 2. The summed E-state index contributed by atoms with van der Waals surface area (Å²) < 4.78 is 5.48. The second-order valence-electron chi connectivity index (χ2n) is 7.54. The van der Waals surface area contributed by atoms with Gasteiger partial charge in [-0.15, -0.1) is 0 Å². The number of hydrogen-bond donors (Lipinski definition) is 3. The first-order valence-electron chi connectivity index (χ1n) is 9.96. The molecule has 0 heterocycles. The maximum atomic E-state index is 12.7. The van der Waals surface area contributed by atoms with Gasteiger partial charge in [0.1, 0.15) is 6.61 Å². The number of esters is 1. The molecule has 0 saturated carbocycles. The van der Waals surface area contributed by atoms with Crippen molar-refractivity contribution in [2.75, 3.05) is 13.2 Å². The van der Waals surface area contributed by atoms with Crippen LogP contribution in [0.15, 0.2) is 48.5 Å². The highest BCUT2D eigenvalue weighted by Crippen LogP contribution is 2.44. The Morgan fingerprint density at radius 3 is 2.20 bits per heavy atom. The molecule has 1 atom stereocenters. The van der Waals surface area contributed by atoms with E-state index < -0.39 is 17.5 Å². The Morgan fingerprint density at radius 2 is 1.67 bits per heavy atom. The molecule has 2 aromatic rings. The van der Waals surface area contributed by atoms with Gasteiger partial charge in [-0.1, -0.05) is 60.7 Å². The van der Waals surface area contributed by atoms with E-state index in [1.54, 1.807) is 6.92 Å². The van der Waals surface area contributed by atoms with Crippen molar-refractivity contribution in [3.63, 3.8) is 0 Å². The molecule has 0 aromatic heterocycles. The molecule has 0 amide bonds. The highest BCUT2D eigenvalue weighted by Gasteiger charge is 2.44. The number of nitrogens with two attached hydrogens (primary N) is 1. The number of hydrogen-bond acceptors (Lipinski definition) is 5. The third-order valence-electron chi connectivity index (χ3n) is 5.46. The summed E-state index contributed by atoms with van der Waals surface area (Å²) in [6.45, 7) is 2.43. The number of benzene rings is 2. The lowest BCUT2D eigenvalue weighted by atomic mass is 9.93. The maximum absolute atomic E-state index is 12.7. The van der Waals surface area contributed by atoms with Crippen LogP contribution in [0.3, 0.4) is 0 Å². The highest BCUT2D eigenvalue weighted by molar-refractivity contribution is 7.80. The number of aliphatic carboxylic acids is 1. The van der Waals surface area contributed by atoms with Crippen molar-refractivity contribution < 1.29 is 19.4 Å². The number of carboxylic acid groups (broad SMARTS) is 1. The van der Waals surface area contributed by atoms with Crippen LogP contribution in [0.4, 0.5) is 0 Å². The Labute approximate surface area is 181 Å². The smallest absolute Gasteiger partial charge is 0.337 e. The predicted molar refractivity (Wildman–Crippen MR) is 119 cm³/mol. The van der Waals surface area contributed by atoms with Gasteiger partial charge in [-0.05, 0) is 48.4 Å². The summed E-state index contributed by atoms with van der Waals surface area (Å²) in [5, 5.41) is 12.6. The fourth-order valence-corrected chi connectivity index (χ4v) is 3.92. The van der Waals surface area contributed by atoms with E-state index in [0.717, 1.165) is 22.3 Å². The van der Waals surface area contributed by atoms with Crippen molar-refractivity contribution in [1.29, 1.82) is 0 Å². The van der Waals surface area contributed by atoms with Gasteiger partial charge in [-0.2, -0.15) is 0 Å². The van der Waals surface area contributed by atoms with E-state index in [-0.39, 0.29) is 18.9 Å². The van der Waals surface area contributed by atoms with Gasteiger partial charge in [0.2, 0.25) is 5.54 Å². The molecule has 6 nitrogen and oxygen atoms in total. The summed E-state index contributed by atoms with van der Waals surface area (Å²) in [6.07, 6.45) is 1.11. The minimum atomic E-state index is -2.07. The van der Waals surface area contributed by atoms with Gasteiger partial charge in [-0.25, -0.2) is 9.59 Å². The number of ether oxygens (including phenoxy) is 1.